The molecule has 0 saturated heterocycles. The molecule has 2 aromatic carbocycles. The van der Waals surface area contributed by atoms with Crippen molar-refractivity contribution >= 4 is 64.7 Å². The molecule has 0 aliphatic heterocycles. The minimum absolute atomic E-state index is 0.223. The van der Waals surface area contributed by atoms with Gasteiger partial charge in [0.1, 0.15) is 10.2 Å². The van der Waals surface area contributed by atoms with Gasteiger partial charge in [-0.2, -0.15) is 0 Å². The normalized spacial score (nSPS) is 13.2. The van der Waals surface area contributed by atoms with Crippen molar-refractivity contribution in [2.75, 3.05) is 16.4 Å². The molecule has 12 N–H and O–H groups in total. The van der Waals surface area contributed by atoms with Crippen LogP contribution in [0.1, 0.15) is 33.3 Å². The maximum atomic E-state index is 12.3. The van der Waals surface area contributed by atoms with Crippen LogP contribution < -0.4 is 38.1 Å². The van der Waals surface area contributed by atoms with E-state index in [2.05, 4.69) is 15.6 Å². The van der Waals surface area contributed by atoms with Gasteiger partial charge in [0.15, 0.2) is 0 Å². The van der Waals surface area contributed by atoms with Gasteiger partial charge in [-0.1, -0.05) is 37.9 Å². The van der Waals surface area contributed by atoms with Gasteiger partial charge in [-0.25, -0.2) is 0 Å². The van der Waals surface area contributed by atoms with E-state index >= 15 is 0 Å². The lowest BCUT2D eigenvalue weighted by Crippen LogP contribution is -2.40. The predicted octanol–water partition coefficient (Wildman–Crippen LogP) is 3.04. The number of benzene rings is 2. The third-order valence-corrected chi connectivity index (χ3v) is 6.06. The molecule has 2 unspecified atom stereocenters. The fraction of sp³-hybridized carbons (Fsp3) is 0.261. The van der Waals surface area contributed by atoms with Crippen LogP contribution in [0.15, 0.2) is 58.1 Å². The van der Waals surface area contributed by atoms with Crippen LogP contribution in [-0.4, -0.2) is 29.3 Å². The smallest absolute Gasteiger partial charge is 0.265 e. The highest BCUT2D eigenvalue weighted by Crippen LogP contribution is 2.27. The second-order valence-corrected chi connectivity index (χ2v) is 8.57. The zero-order valence-electron chi connectivity index (χ0n) is 20.2. The Labute approximate surface area is 214 Å². The van der Waals surface area contributed by atoms with Crippen molar-refractivity contribution in [1.82, 2.24) is 0 Å². The number of rotatable bonds is 9. The van der Waals surface area contributed by atoms with Gasteiger partial charge in [-0.3, -0.25) is 24.9 Å². The van der Waals surface area contributed by atoms with Crippen molar-refractivity contribution in [1.29, 1.82) is 0 Å². The molecular weight excluding hydrogens is 484 g/mol. The molecule has 10 nitrogen and oxygen atoms in total. The summed E-state index contributed by atoms with van der Waals surface area (Å²) in [4.78, 5) is 29.2. The second kappa shape index (κ2) is 15.1. The van der Waals surface area contributed by atoms with E-state index in [4.69, 9.17) is 27.5 Å². The molecule has 35 heavy (non-hydrogen) atoms. The highest BCUT2D eigenvalue weighted by atomic mass is 32.2. The van der Waals surface area contributed by atoms with Gasteiger partial charge >= 0.3 is 0 Å². The number of nitrogens with zero attached hydrogens (tertiary/aromatic N) is 1. The zero-order valence-corrected chi connectivity index (χ0v) is 21.9. The summed E-state index contributed by atoms with van der Waals surface area (Å²) in [5.74, 6) is -0.680. The number of hydrogen-bond acceptors (Lipinski definition) is 10. The Hall–Kier alpha value is -3.03. The molecule has 0 saturated carbocycles. The summed E-state index contributed by atoms with van der Waals surface area (Å²) in [6, 6.07) is 11.6. The quantitative estimate of drug-likeness (QED) is 0.113. The maximum Gasteiger partial charge on any atom is 0.265 e. The summed E-state index contributed by atoms with van der Waals surface area (Å²) in [6.45, 7) is 7.32. The number of carbonyl (C=O) groups excluding carboxylic acids is 2. The Morgan fingerprint density at radius 3 is 2.14 bits per heavy atom. The van der Waals surface area contributed by atoms with Crippen molar-refractivity contribution in [3.63, 3.8) is 0 Å². The van der Waals surface area contributed by atoms with E-state index in [1.807, 2.05) is 13.8 Å². The van der Waals surface area contributed by atoms with Gasteiger partial charge < -0.3 is 27.8 Å². The largest absolute Gasteiger partial charge is 0.401 e. The van der Waals surface area contributed by atoms with Gasteiger partial charge in [0.2, 0.25) is 5.91 Å². The minimum Gasteiger partial charge on any atom is -0.401 e. The third kappa shape index (κ3) is 9.26. The molecule has 0 heterocycles. The average molecular weight is 519 g/mol. The molecule has 0 radical (unpaired) electrons. The van der Waals surface area contributed by atoms with E-state index in [1.54, 1.807) is 62.5 Å². The second-order valence-electron chi connectivity index (χ2n) is 7.14. The fourth-order valence-electron chi connectivity index (χ4n) is 2.68. The number of nitrogens with two attached hydrogens (primary N) is 5. The molecule has 0 spiro atoms. The van der Waals surface area contributed by atoms with E-state index in [0.29, 0.717) is 28.4 Å². The van der Waals surface area contributed by atoms with Crippen LogP contribution in [0.3, 0.4) is 0 Å². The number of nitrogens with one attached hydrogen (secondary N) is 2. The molecule has 0 bridgehead atoms. The van der Waals surface area contributed by atoms with Crippen LogP contribution in [0.4, 0.5) is 22.7 Å². The Morgan fingerprint density at radius 2 is 1.63 bits per heavy atom. The van der Waals surface area contributed by atoms with E-state index < -0.39 is 11.2 Å². The number of hydrogen-bond donors (Lipinski definition) is 7. The van der Waals surface area contributed by atoms with Crippen LogP contribution in [0.25, 0.3) is 0 Å². The van der Waals surface area contributed by atoms with E-state index in [1.165, 1.54) is 0 Å². The SMILES string of the molecule is C/C(N)=C(/SN)C(=O)Nc1ccc(N)c(N=Cc2ccc(NC(=O)C(SN)C(C)N)cc2)c1.CC. The molecule has 0 aliphatic rings. The molecule has 2 rings (SSSR count). The highest BCUT2D eigenvalue weighted by molar-refractivity contribution is 8.01. The molecule has 0 aliphatic carbocycles. The molecule has 12 heteroatoms. The molecule has 2 atom stereocenters. The number of aliphatic imine (C=N–C) groups is 1. The summed E-state index contributed by atoms with van der Waals surface area (Å²) >= 11 is 1.69. The summed E-state index contributed by atoms with van der Waals surface area (Å²) in [6.07, 6.45) is 1.62. The number of anilines is 3. The van der Waals surface area contributed by atoms with Gasteiger partial charge in [-0.15, -0.1) is 0 Å². The van der Waals surface area contributed by atoms with Crippen LogP contribution in [-0.2, 0) is 9.59 Å². The van der Waals surface area contributed by atoms with Crippen LogP contribution in [0.5, 0.6) is 0 Å². The van der Waals surface area contributed by atoms with Gasteiger partial charge in [-0.05, 0) is 61.7 Å². The number of nitrogen functional groups attached to an aromatic ring is 1. The van der Waals surface area contributed by atoms with Crippen LogP contribution in [0, 0.1) is 0 Å². The van der Waals surface area contributed by atoms with E-state index in [0.717, 1.165) is 29.5 Å². The predicted molar refractivity (Wildman–Crippen MR) is 151 cm³/mol. The highest BCUT2D eigenvalue weighted by Gasteiger charge is 2.22. The summed E-state index contributed by atoms with van der Waals surface area (Å²) in [5, 5.41) is 16.0. The number of allylic oxidation sites excluding steroid dienone is 1. The topological polar surface area (TPSA) is 201 Å². The molecule has 2 aromatic rings. The molecule has 190 valence electrons. The van der Waals surface area contributed by atoms with Crippen molar-refractivity contribution in [2.24, 2.45) is 26.7 Å². The summed E-state index contributed by atoms with van der Waals surface area (Å²) < 4.78 is 0. The molecule has 2 amide bonds. The minimum atomic E-state index is -0.550. The Bertz CT molecular complexity index is 1050. The zero-order chi connectivity index (χ0) is 26.5. The van der Waals surface area contributed by atoms with E-state index in [9.17, 15) is 9.59 Å². The lowest BCUT2D eigenvalue weighted by atomic mass is 10.2. The van der Waals surface area contributed by atoms with E-state index in [-0.39, 0.29) is 16.9 Å². The lowest BCUT2D eigenvalue weighted by Gasteiger charge is -2.17. The molecule has 0 aromatic heterocycles. The lowest BCUT2D eigenvalue weighted by molar-refractivity contribution is -0.116. The Balaban J connectivity index is 0.00000298. The Morgan fingerprint density at radius 1 is 1.03 bits per heavy atom. The van der Waals surface area contributed by atoms with Gasteiger partial charge in [0.25, 0.3) is 5.91 Å². The molecular formula is C23H34N8O2S2. The van der Waals surface area contributed by atoms with Crippen LogP contribution in [0.2, 0.25) is 0 Å². The summed E-state index contributed by atoms with van der Waals surface area (Å²) in [7, 11) is 0. The van der Waals surface area contributed by atoms with Gasteiger partial charge in [0.05, 0.1) is 11.4 Å². The number of carbonyl (C=O) groups is 2. The standard InChI is InChI=1S/C21H28N8O2S2.C2H6/c1-11(22)18(32-25)20(30)28-14-5-3-13(4-6-14)10-27-17-9-15(7-8-16(17)24)29-21(31)19(33-26)12(2)23;1-2/h3-11,18H,22-26H2,1-2H3,(H,28,30)(H,29,31);1-2H3/b19-12-,27-10?;. The van der Waals surface area contributed by atoms with Crippen molar-refractivity contribution < 1.29 is 9.59 Å². The third-order valence-electron chi connectivity index (χ3n) is 4.38. The monoisotopic (exact) mass is 518 g/mol. The first kappa shape index (κ1) is 30.0. The fourth-order valence-corrected chi connectivity index (χ4v) is 3.46. The van der Waals surface area contributed by atoms with Crippen LogP contribution >= 0.6 is 23.9 Å². The first-order valence-electron chi connectivity index (χ1n) is 10.8. The maximum absolute atomic E-state index is 12.3. The van der Waals surface area contributed by atoms with Crippen molar-refractivity contribution in [3.8, 4) is 0 Å². The average Bonchev–Trinajstić information content (AvgIpc) is 2.82. The van der Waals surface area contributed by atoms with Gasteiger partial charge in [0, 0.05) is 29.3 Å². The first-order valence-corrected chi connectivity index (χ1v) is 12.6. The van der Waals surface area contributed by atoms with Crippen molar-refractivity contribution in [3.05, 3.63) is 58.6 Å². The van der Waals surface area contributed by atoms with Crippen molar-refractivity contribution in [2.45, 2.75) is 39.0 Å². The Kier molecular flexibility index (Phi) is 12.9. The first-order chi connectivity index (χ1) is 16.7. The molecule has 0 fully saturated rings. The number of amides is 2. The summed E-state index contributed by atoms with van der Waals surface area (Å²) in [5.41, 5.74) is 20.6.